The van der Waals surface area contributed by atoms with E-state index in [0.29, 0.717) is 23.6 Å². The van der Waals surface area contributed by atoms with Gasteiger partial charge in [-0.2, -0.15) is 0 Å². The molecule has 2 aromatic rings. The molecule has 0 aliphatic heterocycles. The lowest BCUT2D eigenvalue weighted by Crippen LogP contribution is -2.12. The maximum absolute atomic E-state index is 12.2. The first-order valence-electron chi connectivity index (χ1n) is 6.61. The van der Waals surface area contributed by atoms with Gasteiger partial charge in [-0.25, -0.2) is 0 Å². The summed E-state index contributed by atoms with van der Waals surface area (Å²) in [5.41, 5.74) is 7.60. The van der Waals surface area contributed by atoms with Crippen molar-refractivity contribution in [3.8, 4) is 5.75 Å². The highest BCUT2D eigenvalue weighted by molar-refractivity contribution is 7.98. The highest BCUT2D eigenvalue weighted by atomic mass is 32.2. The predicted molar refractivity (Wildman–Crippen MR) is 88.2 cm³/mol. The van der Waals surface area contributed by atoms with Gasteiger partial charge in [-0.05, 0) is 49.6 Å². The van der Waals surface area contributed by atoms with Crippen LogP contribution in [0.15, 0.2) is 47.4 Å². The Labute approximate surface area is 128 Å². The first-order chi connectivity index (χ1) is 10.1. The largest absolute Gasteiger partial charge is 0.492 e. The third-order valence-electron chi connectivity index (χ3n) is 2.90. The van der Waals surface area contributed by atoms with Crippen molar-refractivity contribution in [2.24, 2.45) is 0 Å². The van der Waals surface area contributed by atoms with Crippen LogP contribution in [0.5, 0.6) is 5.75 Å². The second-order valence-electron chi connectivity index (χ2n) is 4.37. The lowest BCUT2D eigenvalue weighted by atomic mass is 10.1. The van der Waals surface area contributed by atoms with E-state index >= 15 is 0 Å². The van der Waals surface area contributed by atoms with Gasteiger partial charge in [-0.15, -0.1) is 11.8 Å². The number of thioether (sulfide) groups is 1. The van der Waals surface area contributed by atoms with Crippen LogP contribution in [0.4, 0.5) is 11.4 Å². The first kappa shape index (κ1) is 15.3. The number of rotatable bonds is 5. The van der Waals surface area contributed by atoms with Crippen molar-refractivity contribution in [3.05, 3.63) is 48.0 Å². The first-order valence-corrected chi connectivity index (χ1v) is 7.84. The van der Waals surface area contributed by atoms with Crippen LogP contribution < -0.4 is 15.8 Å². The van der Waals surface area contributed by atoms with Crippen LogP contribution in [0.25, 0.3) is 0 Å². The molecule has 0 spiro atoms. The Morgan fingerprint density at radius 3 is 2.76 bits per heavy atom. The summed E-state index contributed by atoms with van der Waals surface area (Å²) in [5, 5.41) is 2.86. The fourth-order valence-corrected chi connectivity index (χ4v) is 2.34. The Morgan fingerprint density at radius 2 is 2.10 bits per heavy atom. The molecule has 110 valence electrons. The standard InChI is InChI=1S/C16H18N2O2S/c1-3-20-15-8-7-11(9-14(15)17)16(19)18-12-5-4-6-13(10-12)21-2/h4-10H,3,17H2,1-2H3,(H,18,19). The maximum Gasteiger partial charge on any atom is 0.255 e. The van der Waals surface area contributed by atoms with Crippen LogP contribution in [0.1, 0.15) is 17.3 Å². The van der Waals surface area contributed by atoms with Crippen molar-refractivity contribution in [2.75, 3.05) is 23.9 Å². The minimum absolute atomic E-state index is 0.192. The number of amides is 1. The van der Waals surface area contributed by atoms with Crippen LogP contribution in [-0.2, 0) is 0 Å². The van der Waals surface area contributed by atoms with E-state index in [2.05, 4.69) is 5.32 Å². The van der Waals surface area contributed by atoms with E-state index in [1.165, 1.54) is 0 Å². The third-order valence-corrected chi connectivity index (χ3v) is 3.62. The topological polar surface area (TPSA) is 64.3 Å². The van der Waals surface area contributed by atoms with Gasteiger partial charge in [0.05, 0.1) is 12.3 Å². The van der Waals surface area contributed by atoms with E-state index < -0.39 is 0 Å². The van der Waals surface area contributed by atoms with Crippen LogP contribution in [0.3, 0.4) is 0 Å². The average Bonchev–Trinajstić information content (AvgIpc) is 2.49. The molecule has 0 atom stereocenters. The number of hydrogen-bond donors (Lipinski definition) is 2. The van der Waals surface area contributed by atoms with Crippen LogP contribution >= 0.6 is 11.8 Å². The highest BCUT2D eigenvalue weighted by Crippen LogP contribution is 2.24. The third kappa shape index (κ3) is 3.92. The molecule has 0 aliphatic rings. The van der Waals surface area contributed by atoms with E-state index in [1.54, 1.807) is 30.0 Å². The smallest absolute Gasteiger partial charge is 0.255 e. The Hall–Kier alpha value is -2.14. The summed E-state index contributed by atoms with van der Waals surface area (Å²) in [4.78, 5) is 13.3. The number of anilines is 2. The summed E-state index contributed by atoms with van der Waals surface area (Å²) in [6.07, 6.45) is 1.99. The number of nitrogen functional groups attached to an aromatic ring is 1. The van der Waals surface area contributed by atoms with Gasteiger partial charge in [0.2, 0.25) is 0 Å². The van der Waals surface area contributed by atoms with Gasteiger partial charge in [0.1, 0.15) is 5.75 Å². The second kappa shape index (κ2) is 7.04. The zero-order valence-electron chi connectivity index (χ0n) is 12.1. The molecule has 5 heteroatoms. The summed E-state index contributed by atoms with van der Waals surface area (Å²) in [7, 11) is 0. The molecule has 3 N–H and O–H groups in total. The van der Waals surface area contributed by atoms with E-state index in [4.69, 9.17) is 10.5 Å². The van der Waals surface area contributed by atoms with Crippen LogP contribution in [0, 0.1) is 0 Å². The minimum atomic E-state index is -0.192. The molecule has 21 heavy (non-hydrogen) atoms. The zero-order valence-corrected chi connectivity index (χ0v) is 12.9. The highest BCUT2D eigenvalue weighted by Gasteiger charge is 2.09. The van der Waals surface area contributed by atoms with Gasteiger partial charge in [-0.1, -0.05) is 6.07 Å². The molecule has 0 aliphatic carbocycles. The fraction of sp³-hybridized carbons (Fsp3) is 0.188. The number of hydrogen-bond acceptors (Lipinski definition) is 4. The number of nitrogens with two attached hydrogens (primary N) is 1. The number of benzene rings is 2. The van der Waals surface area contributed by atoms with Crippen molar-refractivity contribution in [2.45, 2.75) is 11.8 Å². The molecule has 4 nitrogen and oxygen atoms in total. The van der Waals surface area contributed by atoms with E-state index in [-0.39, 0.29) is 5.91 Å². The zero-order chi connectivity index (χ0) is 15.2. The summed E-state index contributed by atoms with van der Waals surface area (Å²) < 4.78 is 5.36. The molecular weight excluding hydrogens is 284 g/mol. The second-order valence-corrected chi connectivity index (χ2v) is 5.25. The van der Waals surface area contributed by atoms with Crippen molar-refractivity contribution in [3.63, 3.8) is 0 Å². The number of nitrogens with one attached hydrogen (secondary N) is 1. The van der Waals surface area contributed by atoms with Gasteiger partial charge in [-0.3, -0.25) is 4.79 Å². The normalized spacial score (nSPS) is 10.2. The summed E-state index contributed by atoms with van der Waals surface area (Å²) in [6, 6.07) is 12.7. The average molecular weight is 302 g/mol. The van der Waals surface area contributed by atoms with Crippen LogP contribution in [0.2, 0.25) is 0 Å². The molecule has 2 rings (SSSR count). The summed E-state index contributed by atoms with van der Waals surface area (Å²) >= 11 is 1.63. The van der Waals surface area contributed by atoms with Crippen LogP contribution in [-0.4, -0.2) is 18.8 Å². The maximum atomic E-state index is 12.2. The molecule has 0 aromatic heterocycles. The molecule has 0 bridgehead atoms. The SMILES string of the molecule is CCOc1ccc(C(=O)Nc2cccc(SC)c2)cc1N. The van der Waals surface area contributed by atoms with Gasteiger partial charge >= 0.3 is 0 Å². The van der Waals surface area contributed by atoms with Crippen molar-refractivity contribution < 1.29 is 9.53 Å². The Balaban J connectivity index is 2.14. The van der Waals surface area contributed by atoms with Gasteiger partial charge in [0.15, 0.2) is 0 Å². The molecule has 0 heterocycles. The number of ether oxygens (including phenoxy) is 1. The summed E-state index contributed by atoms with van der Waals surface area (Å²) in [5.74, 6) is 0.404. The Bertz CT molecular complexity index is 644. The van der Waals surface area contributed by atoms with E-state index in [9.17, 15) is 4.79 Å². The monoisotopic (exact) mass is 302 g/mol. The minimum Gasteiger partial charge on any atom is -0.492 e. The quantitative estimate of drug-likeness (QED) is 0.654. The number of carbonyl (C=O) groups excluding carboxylic acids is 1. The summed E-state index contributed by atoms with van der Waals surface area (Å²) in [6.45, 7) is 2.43. The molecule has 0 unspecified atom stereocenters. The van der Waals surface area contributed by atoms with Crippen molar-refractivity contribution in [1.29, 1.82) is 0 Å². The van der Waals surface area contributed by atoms with E-state index in [1.807, 2.05) is 37.4 Å². The predicted octanol–water partition coefficient (Wildman–Crippen LogP) is 3.64. The molecule has 1 amide bonds. The fourth-order valence-electron chi connectivity index (χ4n) is 1.88. The molecular formula is C16H18N2O2S. The Kier molecular flexibility index (Phi) is 5.11. The molecule has 0 fully saturated rings. The van der Waals surface area contributed by atoms with Crippen molar-refractivity contribution in [1.82, 2.24) is 0 Å². The van der Waals surface area contributed by atoms with Gasteiger partial charge < -0.3 is 15.8 Å². The molecule has 2 aromatic carbocycles. The lowest BCUT2D eigenvalue weighted by Gasteiger charge is -2.10. The van der Waals surface area contributed by atoms with E-state index in [0.717, 1.165) is 10.6 Å². The molecule has 0 radical (unpaired) electrons. The molecule has 0 saturated carbocycles. The molecule has 0 saturated heterocycles. The Morgan fingerprint density at radius 1 is 1.29 bits per heavy atom. The van der Waals surface area contributed by atoms with Gasteiger partial charge in [0, 0.05) is 16.1 Å². The van der Waals surface area contributed by atoms with Gasteiger partial charge in [0.25, 0.3) is 5.91 Å². The lowest BCUT2D eigenvalue weighted by molar-refractivity contribution is 0.102. The van der Waals surface area contributed by atoms with Crippen molar-refractivity contribution >= 4 is 29.0 Å². The number of carbonyl (C=O) groups is 1.